The van der Waals surface area contributed by atoms with Crippen molar-refractivity contribution in [2.75, 3.05) is 0 Å². The van der Waals surface area contributed by atoms with Gasteiger partial charge in [0, 0.05) is 37.9 Å². The maximum Gasteiger partial charge on any atom is 0.105 e. The Bertz CT molecular complexity index is 474. The van der Waals surface area contributed by atoms with Crippen molar-refractivity contribution >= 4 is 0 Å². The van der Waals surface area contributed by atoms with Crippen molar-refractivity contribution in [3.8, 4) is 0 Å². The third-order valence-electron chi connectivity index (χ3n) is 4.01. The van der Waals surface area contributed by atoms with E-state index >= 15 is 0 Å². The number of imidazole rings is 2. The van der Waals surface area contributed by atoms with E-state index in [9.17, 15) is 0 Å². The molecule has 4 heteroatoms. The molecule has 2 aromatic rings. The van der Waals surface area contributed by atoms with Crippen LogP contribution in [0.2, 0.25) is 0 Å². The molecule has 0 radical (unpaired) electrons. The van der Waals surface area contributed by atoms with Crippen LogP contribution in [0.25, 0.3) is 0 Å². The molecule has 0 aliphatic carbocycles. The maximum atomic E-state index is 4.18. The highest BCUT2D eigenvalue weighted by Crippen LogP contribution is 2.03. The van der Waals surface area contributed by atoms with E-state index < -0.39 is 0 Å². The number of hydrogen-bond acceptors (Lipinski definition) is 2. The predicted octanol–water partition coefficient (Wildman–Crippen LogP) is 7.29. The molecule has 0 N–H and O–H groups in total. The highest BCUT2D eigenvalue weighted by molar-refractivity contribution is 4.87. The van der Waals surface area contributed by atoms with E-state index in [4.69, 9.17) is 0 Å². The first kappa shape index (κ1) is 27.6. The monoisotopic (exact) mass is 378 g/mol. The van der Waals surface area contributed by atoms with E-state index in [0.717, 1.165) is 18.9 Å². The van der Waals surface area contributed by atoms with E-state index in [2.05, 4.69) is 46.1 Å². The van der Waals surface area contributed by atoms with Crippen LogP contribution in [-0.4, -0.2) is 19.1 Å². The van der Waals surface area contributed by atoms with Crippen LogP contribution in [0.5, 0.6) is 0 Å². The van der Waals surface area contributed by atoms with E-state index in [-0.39, 0.29) is 0 Å². The summed E-state index contributed by atoms with van der Waals surface area (Å²) in [7, 11) is 0. The second-order valence-corrected chi connectivity index (χ2v) is 6.09. The minimum Gasteiger partial charge on any atom is -0.337 e. The molecule has 0 saturated heterocycles. The van der Waals surface area contributed by atoms with E-state index in [1.165, 1.54) is 51.4 Å². The highest BCUT2D eigenvalue weighted by atomic mass is 15.0. The molecule has 0 bridgehead atoms. The standard InChI is InChI=1S/C10H18N2.C9H16N2.2C2H6/c1-3-4-5-6-8-12-9-7-11-10(12)2;1-2-3-4-5-7-11-8-6-10-9-11;2*1-2/h7,9H,3-6,8H2,1-2H3;6,8-9H,2-5,7H2,1H3;2*1-2H3. The minimum absolute atomic E-state index is 1.12. The summed E-state index contributed by atoms with van der Waals surface area (Å²) in [5.41, 5.74) is 0. The van der Waals surface area contributed by atoms with Crippen molar-refractivity contribution in [1.82, 2.24) is 19.1 Å². The topological polar surface area (TPSA) is 35.6 Å². The Labute approximate surface area is 169 Å². The first-order valence-electron chi connectivity index (χ1n) is 11.2. The average molecular weight is 379 g/mol. The summed E-state index contributed by atoms with van der Waals surface area (Å²) in [6.07, 6.45) is 20.2. The maximum absolute atomic E-state index is 4.18. The summed E-state index contributed by atoms with van der Waals surface area (Å²) in [6, 6.07) is 0. The fourth-order valence-electron chi connectivity index (χ4n) is 2.49. The van der Waals surface area contributed by atoms with Crippen molar-refractivity contribution in [3.05, 3.63) is 36.9 Å². The van der Waals surface area contributed by atoms with Crippen LogP contribution in [-0.2, 0) is 13.1 Å². The second kappa shape index (κ2) is 22.5. The van der Waals surface area contributed by atoms with Gasteiger partial charge < -0.3 is 9.13 Å². The van der Waals surface area contributed by atoms with Gasteiger partial charge in [-0.1, -0.05) is 80.1 Å². The van der Waals surface area contributed by atoms with Crippen LogP contribution >= 0.6 is 0 Å². The number of nitrogens with zero attached hydrogens (tertiary/aromatic N) is 4. The molecule has 0 aliphatic rings. The average Bonchev–Trinajstić information content (AvgIpc) is 3.38. The third-order valence-corrected chi connectivity index (χ3v) is 4.01. The summed E-state index contributed by atoms with van der Waals surface area (Å²) < 4.78 is 4.35. The van der Waals surface area contributed by atoms with Gasteiger partial charge in [-0.3, -0.25) is 0 Å². The van der Waals surface area contributed by atoms with Crippen molar-refractivity contribution in [1.29, 1.82) is 0 Å². The van der Waals surface area contributed by atoms with Crippen molar-refractivity contribution in [3.63, 3.8) is 0 Å². The van der Waals surface area contributed by atoms with Gasteiger partial charge in [0.1, 0.15) is 5.82 Å². The van der Waals surface area contributed by atoms with Gasteiger partial charge in [0.25, 0.3) is 0 Å². The zero-order valence-corrected chi connectivity index (χ0v) is 19.2. The summed E-state index contributed by atoms with van der Waals surface area (Å²) in [5, 5.41) is 0. The molecule has 0 spiro atoms. The largest absolute Gasteiger partial charge is 0.337 e. The van der Waals surface area contributed by atoms with Gasteiger partial charge in [-0.05, 0) is 19.8 Å². The lowest BCUT2D eigenvalue weighted by atomic mass is 10.2. The Morgan fingerprint density at radius 3 is 1.78 bits per heavy atom. The molecule has 2 rings (SSSR count). The van der Waals surface area contributed by atoms with E-state index in [1.54, 1.807) is 0 Å². The summed E-state index contributed by atoms with van der Waals surface area (Å²) >= 11 is 0. The first-order valence-corrected chi connectivity index (χ1v) is 11.2. The molecule has 2 aromatic heterocycles. The number of aromatic nitrogens is 4. The van der Waals surface area contributed by atoms with Crippen LogP contribution in [0, 0.1) is 6.92 Å². The zero-order valence-electron chi connectivity index (χ0n) is 19.2. The van der Waals surface area contributed by atoms with Crippen LogP contribution in [0.4, 0.5) is 0 Å². The Kier molecular flexibility index (Phi) is 23.0. The van der Waals surface area contributed by atoms with Gasteiger partial charge in [-0.25, -0.2) is 9.97 Å². The minimum atomic E-state index is 1.12. The molecule has 0 unspecified atom stereocenters. The Balaban J connectivity index is 0. The summed E-state index contributed by atoms with van der Waals surface area (Å²) in [5.74, 6) is 1.13. The van der Waals surface area contributed by atoms with Crippen molar-refractivity contribution in [2.24, 2.45) is 0 Å². The number of unbranched alkanes of at least 4 members (excludes halogenated alkanes) is 6. The molecule has 2 heterocycles. The fourth-order valence-corrected chi connectivity index (χ4v) is 2.49. The van der Waals surface area contributed by atoms with Crippen LogP contribution in [0.1, 0.15) is 98.7 Å². The molecule has 27 heavy (non-hydrogen) atoms. The lowest BCUT2D eigenvalue weighted by Crippen LogP contribution is -1.98. The molecule has 0 amide bonds. The zero-order chi connectivity index (χ0) is 20.8. The van der Waals surface area contributed by atoms with E-state index in [0.29, 0.717) is 0 Å². The second-order valence-electron chi connectivity index (χ2n) is 6.09. The highest BCUT2D eigenvalue weighted by Gasteiger charge is 1.95. The lowest BCUT2D eigenvalue weighted by Gasteiger charge is -2.03. The van der Waals surface area contributed by atoms with Gasteiger partial charge in [0.15, 0.2) is 0 Å². The van der Waals surface area contributed by atoms with Gasteiger partial charge in [-0.15, -0.1) is 0 Å². The Morgan fingerprint density at radius 1 is 0.741 bits per heavy atom. The lowest BCUT2D eigenvalue weighted by molar-refractivity contribution is 0.573. The first-order chi connectivity index (χ1) is 13.3. The fraction of sp³-hybridized carbons (Fsp3) is 0.739. The number of aryl methyl sites for hydroxylation is 3. The quantitative estimate of drug-likeness (QED) is 0.407. The van der Waals surface area contributed by atoms with Crippen LogP contribution < -0.4 is 0 Å². The van der Waals surface area contributed by atoms with Crippen LogP contribution in [0.15, 0.2) is 31.1 Å². The molecule has 0 fully saturated rings. The molecule has 0 saturated carbocycles. The van der Waals surface area contributed by atoms with Gasteiger partial charge in [-0.2, -0.15) is 0 Å². The van der Waals surface area contributed by atoms with Crippen molar-refractivity contribution < 1.29 is 0 Å². The SMILES string of the molecule is CC.CC.CCCCCCn1ccnc1.CCCCCCn1ccnc1C. The van der Waals surface area contributed by atoms with E-state index in [1.807, 2.05) is 52.6 Å². The molecular weight excluding hydrogens is 332 g/mol. The molecule has 0 aliphatic heterocycles. The summed E-state index contributed by atoms with van der Waals surface area (Å²) in [4.78, 5) is 8.16. The normalized spacial score (nSPS) is 9.30. The molecule has 0 aromatic carbocycles. The van der Waals surface area contributed by atoms with Gasteiger partial charge in [0.2, 0.25) is 0 Å². The van der Waals surface area contributed by atoms with Crippen molar-refractivity contribution in [2.45, 2.75) is 113 Å². The Hall–Kier alpha value is -1.58. The molecule has 0 atom stereocenters. The van der Waals surface area contributed by atoms with Gasteiger partial charge in [0.05, 0.1) is 6.33 Å². The molecule has 4 nitrogen and oxygen atoms in total. The molecular formula is C23H46N4. The third kappa shape index (κ3) is 16.3. The number of rotatable bonds is 10. The summed E-state index contributed by atoms with van der Waals surface area (Å²) in [6.45, 7) is 16.8. The molecule has 158 valence electrons. The Morgan fingerprint density at radius 2 is 1.33 bits per heavy atom. The van der Waals surface area contributed by atoms with Gasteiger partial charge >= 0.3 is 0 Å². The smallest absolute Gasteiger partial charge is 0.105 e. The number of hydrogen-bond donors (Lipinski definition) is 0. The van der Waals surface area contributed by atoms with Crippen LogP contribution in [0.3, 0.4) is 0 Å². The predicted molar refractivity (Wildman–Crippen MR) is 120 cm³/mol.